The van der Waals surface area contributed by atoms with Crippen molar-refractivity contribution in [2.24, 2.45) is 5.73 Å². The number of nitrogens with zero attached hydrogens (tertiary/aromatic N) is 3. The van der Waals surface area contributed by atoms with E-state index >= 15 is 0 Å². The molecule has 0 aliphatic carbocycles. The van der Waals surface area contributed by atoms with Crippen molar-refractivity contribution in [2.75, 3.05) is 7.05 Å². The van der Waals surface area contributed by atoms with Crippen molar-refractivity contribution < 1.29 is 4.79 Å². The van der Waals surface area contributed by atoms with Gasteiger partial charge in [-0.3, -0.25) is 9.69 Å². The second kappa shape index (κ2) is 7.32. The highest BCUT2D eigenvalue weighted by Gasteiger charge is 2.19. The van der Waals surface area contributed by atoms with Gasteiger partial charge in [0.05, 0.1) is 17.4 Å². The molecule has 0 spiro atoms. The highest BCUT2D eigenvalue weighted by atomic mass is 16.1. The summed E-state index contributed by atoms with van der Waals surface area (Å²) in [6.45, 7) is 2.40. The molecule has 0 saturated carbocycles. The lowest BCUT2D eigenvalue weighted by molar-refractivity contribution is -0.122. The van der Waals surface area contributed by atoms with Gasteiger partial charge in [0.1, 0.15) is 0 Å². The van der Waals surface area contributed by atoms with Gasteiger partial charge in [0.2, 0.25) is 5.91 Å². The third-order valence-electron chi connectivity index (χ3n) is 4.35. The van der Waals surface area contributed by atoms with Gasteiger partial charge < -0.3 is 5.73 Å². The normalized spacial score (nSPS) is 12.3. The lowest BCUT2D eigenvalue weighted by Gasteiger charge is -2.21. The summed E-state index contributed by atoms with van der Waals surface area (Å²) in [5, 5.41) is 4.78. The van der Waals surface area contributed by atoms with Crippen molar-refractivity contribution in [2.45, 2.75) is 19.5 Å². The first kappa shape index (κ1) is 16.9. The van der Waals surface area contributed by atoms with Gasteiger partial charge in [0, 0.05) is 23.9 Å². The van der Waals surface area contributed by atoms with E-state index in [4.69, 9.17) is 10.8 Å². The Morgan fingerprint density at radius 3 is 2.32 bits per heavy atom. The van der Waals surface area contributed by atoms with E-state index in [1.54, 1.807) is 0 Å². The molecule has 3 aromatic rings. The molecule has 0 fully saturated rings. The number of likely N-dealkylation sites (N-methyl/N-ethyl adjacent to an activating group) is 1. The average molecular weight is 334 g/mol. The van der Waals surface area contributed by atoms with Crippen LogP contribution in [0.3, 0.4) is 0 Å². The van der Waals surface area contributed by atoms with E-state index in [2.05, 4.69) is 0 Å². The van der Waals surface area contributed by atoms with Gasteiger partial charge in [-0.25, -0.2) is 4.68 Å². The quantitative estimate of drug-likeness (QED) is 0.754. The number of nitrogens with two attached hydrogens (primary N) is 1. The summed E-state index contributed by atoms with van der Waals surface area (Å²) < 4.78 is 1.88. The van der Waals surface area contributed by atoms with Crippen molar-refractivity contribution in [3.8, 4) is 16.9 Å². The molecule has 1 heterocycles. The maximum atomic E-state index is 11.5. The maximum absolute atomic E-state index is 11.5. The number of carbonyl (C=O) groups excluding carboxylic acids is 1. The fourth-order valence-electron chi connectivity index (χ4n) is 2.70. The molecular formula is C20H22N4O. The van der Waals surface area contributed by atoms with Gasteiger partial charge in [-0.05, 0) is 26.1 Å². The molecule has 5 nitrogen and oxygen atoms in total. The van der Waals surface area contributed by atoms with Crippen LogP contribution in [0.5, 0.6) is 0 Å². The summed E-state index contributed by atoms with van der Waals surface area (Å²) >= 11 is 0. The van der Waals surface area contributed by atoms with E-state index in [1.807, 2.05) is 90.4 Å². The minimum atomic E-state index is -0.344. The first-order valence-electron chi connectivity index (χ1n) is 8.25. The van der Waals surface area contributed by atoms with Crippen LogP contribution in [0.1, 0.15) is 12.5 Å². The smallest absolute Gasteiger partial charge is 0.234 e. The monoisotopic (exact) mass is 334 g/mol. The molecule has 0 aliphatic heterocycles. The Kier molecular flexibility index (Phi) is 4.95. The Bertz CT molecular complexity index is 843. The fraction of sp³-hybridized carbons (Fsp3) is 0.200. The standard InChI is InChI=1S/C20H22N4O/c1-15(20(21)25)23(2)13-17-14-24(18-11-7-4-8-12-18)22-19(17)16-9-5-3-6-10-16/h3-12,14-15H,13H2,1-2H3,(H2,21,25)/t15-/m1/s1. The fourth-order valence-corrected chi connectivity index (χ4v) is 2.70. The summed E-state index contributed by atoms with van der Waals surface area (Å²) in [6, 6.07) is 19.7. The van der Waals surface area contributed by atoms with Crippen LogP contribution < -0.4 is 5.73 Å². The van der Waals surface area contributed by atoms with Crippen LogP contribution in [0.15, 0.2) is 66.9 Å². The number of carbonyl (C=O) groups is 1. The van der Waals surface area contributed by atoms with Crippen molar-refractivity contribution >= 4 is 5.91 Å². The van der Waals surface area contributed by atoms with Crippen LogP contribution in [0.25, 0.3) is 16.9 Å². The Labute approximate surface area is 147 Å². The number of aromatic nitrogens is 2. The molecule has 1 atom stereocenters. The maximum Gasteiger partial charge on any atom is 0.234 e. The number of hydrogen-bond donors (Lipinski definition) is 1. The average Bonchev–Trinajstić information content (AvgIpc) is 3.06. The van der Waals surface area contributed by atoms with Crippen molar-refractivity contribution in [3.63, 3.8) is 0 Å². The summed E-state index contributed by atoms with van der Waals surface area (Å²) in [4.78, 5) is 13.4. The molecule has 25 heavy (non-hydrogen) atoms. The SMILES string of the molecule is C[C@H](C(N)=O)N(C)Cc1cn(-c2ccccc2)nc1-c1ccccc1. The molecular weight excluding hydrogens is 312 g/mol. The summed E-state index contributed by atoms with van der Waals surface area (Å²) in [5.41, 5.74) is 9.44. The zero-order valence-electron chi connectivity index (χ0n) is 14.5. The second-order valence-electron chi connectivity index (χ2n) is 6.14. The lowest BCUT2D eigenvalue weighted by atomic mass is 10.1. The highest BCUT2D eigenvalue weighted by molar-refractivity contribution is 5.79. The van der Waals surface area contributed by atoms with E-state index in [-0.39, 0.29) is 11.9 Å². The third kappa shape index (κ3) is 3.78. The summed E-state index contributed by atoms with van der Waals surface area (Å²) in [7, 11) is 1.89. The van der Waals surface area contributed by atoms with E-state index in [1.165, 1.54) is 0 Å². The molecule has 0 bridgehead atoms. The van der Waals surface area contributed by atoms with Gasteiger partial charge in [0.25, 0.3) is 0 Å². The van der Waals surface area contributed by atoms with Gasteiger partial charge >= 0.3 is 0 Å². The van der Waals surface area contributed by atoms with Gasteiger partial charge in [-0.2, -0.15) is 5.10 Å². The zero-order valence-corrected chi connectivity index (χ0v) is 14.5. The van der Waals surface area contributed by atoms with Crippen molar-refractivity contribution in [1.29, 1.82) is 0 Å². The van der Waals surface area contributed by atoms with Crippen molar-refractivity contribution in [1.82, 2.24) is 14.7 Å². The zero-order chi connectivity index (χ0) is 17.8. The molecule has 3 rings (SSSR count). The van der Waals surface area contributed by atoms with Gasteiger partial charge in [0.15, 0.2) is 0 Å². The number of amides is 1. The predicted octanol–water partition coefficient (Wildman–Crippen LogP) is 2.84. The van der Waals surface area contributed by atoms with Crippen molar-refractivity contribution in [3.05, 3.63) is 72.4 Å². The molecule has 2 aromatic carbocycles. The number of benzene rings is 2. The Morgan fingerprint density at radius 2 is 1.72 bits per heavy atom. The van der Waals surface area contributed by atoms with Crippen LogP contribution in [0.2, 0.25) is 0 Å². The molecule has 0 radical (unpaired) electrons. The molecule has 2 N–H and O–H groups in total. The summed E-state index contributed by atoms with van der Waals surface area (Å²) in [5.74, 6) is -0.334. The molecule has 1 aromatic heterocycles. The Morgan fingerprint density at radius 1 is 1.12 bits per heavy atom. The number of hydrogen-bond acceptors (Lipinski definition) is 3. The van der Waals surface area contributed by atoms with Crippen LogP contribution in [0, 0.1) is 0 Å². The Balaban J connectivity index is 2.00. The first-order chi connectivity index (χ1) is 12.1. The largest absolute Gasteiger partial charge is 0.368 e. The lowest BCUT2D eigenvalue weighted by Crippen LogP contribution is -2.39. The topological polar surface area (TPSA) is 64.2 Å². The molecule has 0 aliphatic rings. The molecule has 0 saturated heterocycles. The molecule has 5 heteroatoms. The van der Waals surface area contributed by atoms with Crippen LogP contribution in [-0.2, 0) is 11.3 Å². The molecule has 0 unspecified atom stereocenters. The predicted molar refractivity (Wildman–Crippen MR) is 99.1 cm³/mol. The van der Waals surface area contributed by atoms with Crippen LogP contribution in [-0.4, -0.2) is 33.7 Å². The van der Waals surface area contributed by atoms with Crippen LogP contribution >= 0.6 is 0 Å². The van der Waals surface area contributed by atoms with Gasteiger partial charge in [-0.1, -0.05) is 48.5 Å². The van der Waals surface area contributed by atoms with E-state index in [9.17, 15) is 4.79 Å². The molecule has 1 amide bonds. The number of rotatable bonds is 6. The minimum Gasteiger partial charge on any atom is -0.368 e. The van der Waals surface area contributed by atoms with E-state index < -0.39 is 0 Å². The highest BCUT2D eigenvalue weighted by Crippen LogP contribution is 2.25. The van der Waals surface area contributed by atoms with Gasteiger partial charge in [-0.15, -0.1) is 0 Å². The third-order valence-corrected chi connectivity index (χ3v) is 4.35. The number of primary amides is 1. The Hall–Kier alpha value is -2.92. The minimum absolute atomic E-state index is 0.334. The van der Waals surface area contributed by atoms with E-state index in [0.29, 0.717) is 6.54 Å². The first-order valence-corrected chi connectivity index (χ1v) is 8.25. The summed E-state index contributed by atoms with van der Waals surface area (Å²) in [6.07, 6.45) is 2.02. The van der Waals surface area contributed by atoms with Crippen LogP contribution in [0.4, 0.5) is 0 Å². The molecule has 128 valence electrons. The second-order valence-corrected chi connectivity index (χ2v) is 6.14. The van der Waals surface area contributed by atoms with E-state index in [0.717, 1.165) is 22.5 Å². The number of para-hydroxylation sites is 1.